The number of hydrogen-bond donors (Lipinski definition) is 1. The van der Waals surface area contributed by atoms with E-state index in [-0.39, 0.29) is 24.3 Å². The molecule has 2 heterocycles. The first kappa shape index (κ1) is 24.5. The van der Waals surface area contributed by atoms with E-state index in [4.69, 9.17) is 4.74 Å². The maximum atomic E-state index is 13.8. The lowest BCUT2D eigenvalue weighted by molar-refractivity contribution is -0.141. The van der Waals surface area contributed by atoms with Gasteiger partial charge in [0.15, 0.2) is 0 Å². The molecule has 1 atom stereocenters. The Morgan fingerprint density at radius 3 is 2.44 bits per heavy atom. The van der Waals surface area contributed by atoms with Crippen molar-refractivity contribution >= 4 is 34.5 Å². The Hall–Kier alpha value is -2.64. The summed E-state index contributed by atoms with van der Waals surface area (Å²) in [5.74, 6) is 0.640. The molecule has 180 valence electrons. The highest BCUT2D eigenvalue weighted by molar-refractivity contribution is 7.10. The lowest BCUT2D eigenvalue weighted by Gasteiger charge is -2.33. The van der Waals surface area contributed by atoms with Gasteiger partial charge in [-0.1, -0.05) is 37.5 Å². The highest BCUT2D eigenvalue weighted by Crippen LogP contribution is 2.32. The predicted octanol–water partition coefficient (Wildman–Crippen LogP) is 5.89. The highest BCUT2D eigenvalue weighted by Gasteiger charge is 2.34. The molecule has 1 aliphatic carbocycles. The lowest BCUT2D eigenvalue weighted by Crippen LogP contribution is -2.47. The number of rotatable bonds is 9. The average Bonchev–Trinajstić information content (AvgIpc) is 3.51. The average molecular weight is 497 g/mol. The molecule has 7 heteroatoms. The summed E-state index contributed by atoms with van der Waals surface area (Å²) in [4.78, 5) is 31.2. The molecule has 0 aliphatic heterocycles. The van der Waals surface area contributed by atoms with Crippen molar-refractivity contribution in [2.45, 2.75) is 64.1 Å². The first-order chi connectivity index (χ1) is 16.5. The molecule has 0 unspecified atom stereocenters. The lowest BCUT2D eigenvalue weighted by atomic mass is 9.95. The van der Waals surface area contributed by atoms with E-state index in [1.807, 2.05) is 60.1 Å². The van der Waals surface area contributed by atoms with E-state index in [9.17, 15) is 9.59 Å². The van der Waals surface area contributed by atoms with Crippen LogP contribution in [0.5, 0.6) is 5.75 Å². The SMILES string of the molecule is COc1ccc(CN(C(=O)Cc2cccs2)[C@H](C(=O)NC2CCCCC2)c2sccc2C)cc1. The molecule has 3 aromatic rings. The first-order valence-electron chi connectivity index (χ1n) is 11.8. The van der Waals surface area contributed by atoms with Crippen LogP contribution >= 0.6 is 22.7 Å². The van der Waals surface area contributed by atoms with Gasteiger partial charge in [-0.05, 0) is 65.9 Å². The molecule has 1 aromatic carbocycles. The van der Waals surface area contributed by atoms with Gasteiger partial charge >= 0.3 is 0 Å². The first-order valence-corrected chi connectivity index (χ1v) is 13.6. The van der Waals surface area contributed by atoms with Gasteiger partial charge in [-0.3, -0.25) is 9.59 Å². The minimum atomic E-state index is -0.656. The van der Waals surface area contributed by atoms with E-state index in [0.717, 1.165) is 52.3 Å². The summed E-state index contributed by atoms with van der Waals surface area (Å²) >= 11 is 3.11. The quantitative estimate of drug-likeness (QED) is 0.402. The molecule has 0 bridgehead atoms. The summed E-state index contributed by atoms with van der Waals surface area (Å²) in [6.07, 6.45) is 5.79. The normalized spacial score (nSPS) is 15.0. The van der Waals surface area contributed by atoms with Gasteiger partial charge in [0.05, 0.1) is 13.5 Å². The monoisotopic (exact) mass is 496 g/mol. The van der Waals surface area contributed by atoms with Crippen molar-refractivity contribution in [2.24, 2.45) is 0 Å². The second-order valence-electron chi connectivity index (χ2n) is 8.84. The van der Waals surface area contributed by atoms with Crippen LogP contribution in [-0.2, 0) is 22.6 Å². The maximum Gasteiger partial charge on any atom is 0.248 e. The molecular weight excluding hydrogens is 464 g/mol. The molecule has 0 radical (unpaired) electrons. The smallest absolute Gasteiger partial charge is 0.248 e. The molecule has 5 nitrogen and oxygen atoms in total. The number of amides is 2. The highest BCUT2D eigenvalue weighted by atomic mass is 32.1. The number of methoxy groups -OCH3 is 1. The van der Waals surface area contributed by atoms with Crippen molar-refractivity contribution in [2.75, 3.05) is 7.11 Å². The standard InChI is InChI=1S/C27H32N2O3S2/c1-19-14-16-34-26(19)25(27(31)28-21-7-4-3-5-8-21)29(24(30)17-23-9-6-15-33-23)18-20-10-12-22(32-2)13-11-20/h6,9-16,21,25H,3-5,7-8,17-18H2,1-2H3,(H,28,31)/t25-/m0/s1. The van der Waals surface area contributed by atoms with Crippen molar-refractivity contribution in [1.82, 2.24) is 10.2 Å². The molecule has 0 spiro atoms. The van der Waals surface area contributed by atoms with Gasteiger partial charge in [0.1, 0.15) is 11.8 Å². The fourth-order valence-electron chi connectivity index (χ4n) is 4.51. The van der Waals surface area contributed by atoms with Crippen molar-refractivity contribution in [3.8, 4) is 5.75 Å². The third-order valence-electron chi connectivity index (χ3n) is 6.40. The van der Waals surface area contributed by atoms with Crippen molar-refractivity contribution < 1.29 is 14.3 Å². The Balaban J connectivity index is 1.67. The van der Waals surface area contributed by atoms with Crippen molar-refractivity contribution in [1.29, 1.82) is 0 Å². The molecule has 1 N–H and O–H groups in total. The number of hydrogen-bond acceptors (Lipinski definition) is 5. The van der Waals surface area contributed by atoms with Gasteiger partial charge in [-0.25, -0.2) is 0 Å². The number of carbonyl (C=O) groups excluding carboxylic acids is 2. The van der Waals surface area contributed by atoms with E-state index < -0.39 is 6.04 Å². The number of thiophene rings is 2. The number of carbonyl (C=O) groups is 2. The summed E-state index contributed by atoms with van der Waals surface area (Å²) in [6.45, 7) is 2.37. The van der Waals surface area contributed by atoms with Gasteiger partial charge in [-0.15, -0.1) is 22.7 Å². The van der Waals surface area contributed by atoms with Gasteiger partial charge in [-0.2, -0.15) is 0 Å². The summed E-state index contributed by atoms with van der Waals surface area (Å²) < 4.78 is 5.30. The summed E-state index contributed by atoms with van der Waals surface area (Å²) in [6, 6.07) is 13.2. The molecule has 1 aliphatic rings. The molecule has 4 rings (SSSR count). The molecule has 34 heavy (non-hydrogen) atoms. The third-order valence-corrected chi connectivity index (χ3v) is 8.35. The second kappa shape index (κ2) is 11.7. The molecule has 2 aromatic heterocycles. The zero-order valence-corrected chi connectivity index (χ0v) is 21.4. The zero-order chi connectivity index (χ0) is 23.9. The predicted molar refractivity (Wildman–Crippen MR) is 138 cm³/mol. The van der Waals surface area contributed by atoms with Gasteiger partial charge in [0, 0.05) is 22.3 Å². The summed E-state index contributed by atoms with van der Waals surface area (Å²) in [5.41, 5.74) is 2.00. The Kier molecular flexibility index (Phi) is 8.40. The number of benzene rings is 1. The Labute approximate surface area is 209 Å². The van der Waals surface area contributed by atoms with Crippen LogP contribution in [0.2, 0.25) is 0 Å². The second-order valence-corrected chi connectivity index (χ2v) is 10.8. The fourth-order valence-corrected chi connectivity index (χ4v) is 6.24. The number of nitrogens with one attached hydrogen (secondary N) is 1. The number of aryl methyl sites for hydroxylation is 1. The molecular formula is C27H32N2O3S2. The Morgan fingerprint density at radius 2 is 1.82 bits per heavy atom. The van der Waals surface area contributed by atoms with Crippen LogP contribution in [-0.4, -0.2) is 29.9 Å². The molecule has 2 amide bonds. The minimum absolute atomic E-state index is 0.0464. The van der Waals surface area contributed by atoms with Crippen LogP contribution in [0.4, 0.5) is 0 Å². The topological polar surface area (TPSA) is 58.6 Å². The summed E-state index contributed by atoms with van der Waals surface area (Å²) in [5, 5.41) is 7.27. The van der Waals surface area contributed by atoms with Gasteiger partial charge < -0.3 is 15.0 Å². The van der Waals surface area contributed by atoms with E-state index >= 15 is 0 Å². The van der Waals surface area contributed by atoms with E-state index in [1.54, 1.807) is 34.7 Å². The van der Waals surface area contributed by atoms with Crippen LogP contribution in [0.1, 0.15) is 59.0 Å². The zero-order valence-electron chi connectivity index (χ0n) is 19.8. The Morgan fingerprint density at radius 1 is 1.06 bits per heavy atom. The van der Waals surface area contributed by atoms with Gasteiger partial charge in [0.25, 0.3) is 0 Å². The largest absolute Gasteiger partial charge is 0.497 e. The van der Waals surface area contributed by atoms with E-state index in [2.05, 4.69) is 5.32 Å². The Bertz CT molecular complexity index is 1070. The fraction of sp³-hybridized carbons (Fsp3) is 0.407. The van der Waals surface area contributed by atoms with Crippen molar-refractivity contribution in [3.63, 3.8) is 0 Å². The minimum Gasteiger partial charge on any atom is -0.497 e. The van der Waals surface area contributed by atoms with Crippen LogP contribution in [0, 0.1) is 6.92 Å². The molecule has 0 saturated heterocycles. The van der Waals surface area contributed by atoms with Gasteiger partial charge in [0.2, 0.25) is 11.8 Å². The van der Waals surface area contributed by atoms with Crippen LogP contribution in [0.15, 0.2) is 53.2 Å². The van der Waals surface area contributed by atoms with Crippen LogP contribution < -0.4 is 10.1 Å². The third kappa shape index (κ3) is 6.07. The number of nitrogens with zero attached hydrogens (tertiary/aromatic N) is 1. The molecule has 1 fully saturated rings. The van der Waals surface area contributed by atoms with Crippen LogP contribution in [0.3, 0.4) is 0 Å². The maximum absolute atomic E-state index is 13.8. The molecule has 1 saturated carbocycles. The van der Waals surface area contributed by atoms with E-state index in [1.165, 1.54) is 6.42 Å². The van der Waals surface area contributed by atoms with Crippen LogP contribution in [0.25, 0.3) is 0 Å². The number of ether oxygens (including phenoxy) is 1. The van der Waals surface area contributed by atoms with E-state index in [0.29, 0.717) is 6.54 Å². The van der Waals surface area contributed by atoms with Crippen molar-refractivity contribution in [3.05, 3.63) is 74.1 Å². The summed E-state index contributed by atoms with van der Waals surface area (Å²) in [7, 11) is 1.64.